The highest BCUT2D eigenvalue weighted by Gasteiger charge is 2.21. The largest absolute Gasteiger partial charge is 0.464 e. The van der Waals surface area contributed by atoms with E-state index in [2.05, 4.69) is 9.72 Å². The Morgan fingerprint density at radius 3 is 2.77 bits per heavy atom. The fourth-order valence-electron chi connectivity index (χ4n) is 1.76. The third kappa shape index (κ3) is 3.73. The maximum Gasteiger partial charge on any atom is 0.360 e. The Hall–Kier alpha value is -2.61. The van der Waals surface area contributed by atoms with Crippen LogP contribution in [0.3, 0.4) is 0 Å². The lowest BCUT2D eigenvalue weighted by Gasteiger charge is -2.19. The number of hydrogen-bond donors (Lipinski definition) is 0. The Labute approximate surface area is 126 Å². The van der Waals surface area contributed by atoms with Crippen molar-refractivity contribution in [3.63, 3.8) is 0 Å². The van der Waals surface area contributed by atoms with E-state index in [0.717, 1.165) is 0 Å². The van der Waals surface area contributed by atoms with Crippen LogP contribution in [0.5, 0.6) is 0 Å². The quantitative estimate of drug-likeness (QED) is 0.712. The van der Waals surface area contributed by atoms with E-state index in [1.54, 1.807) is 12.1 Å². The first-order valence-electron chi connectivity index (χ1n) is 6.50. The molecule has 0 aliphatic heterocycles. The molecule has 118 valence electrons. The number of nitrogens with zero attached hydrogens (tertiary/aromatic N) is 2. The molecule has 1 amide bonds. The van der Waals surface area contributed by atoms with Gasteiger partial charge in [0.15, 0.2) is 11.5 Å². The average Bonchev–Trinajstić information content (AvgIpc) is 3.21. The molecule has 0 saturated carbocycles. The summed E-state index contributed by atoms with van der Waals surface area (Å²) in [5, 5.41) is 0. The molecule has 0 aromatic carbocycles. The SMILES string of the molecule is COCCN(Cc1nc(C(=O)OC)co1)C(=O)c1ccco1. The van der Waals surface area contributed by atoms with Crippen LogP contribution in [0.4, 0.5) is 0 Å². The van der Waals surface area contributed by atoms with E-state index in [0.29, 0.717) is 13.2 Å². The molecule has 8 heteroatoms. The highest BCUT2D eigenvalue weighted by atomic mass is 16.5. The van der Waals surface area contributed by atoms with E-state index in [1.807, 2.05) is 0 Å². The van der Waals surface area contributed by atoms with Gasteiger partial charge >= 0.3 is 5.97 Å². The fourth-order valence-corrected chi connectivity index (χ4v) is 1.76. The predicted octanol–water partition coefficient (Wildman–Crippen LogP) is 1.34. The standard InChI is InChI=1S/C14H16N2O6/c1-19-7-5-16(13(17)11-4-3-6-21-11)8-12-15-10(9-22-12)14(18)20-2/h3-4,6,9H,5,7-8H2,1-2H3. The van der Waals surface area contributed by atoms with Gasteiger partial charge in [-0.2, -0.15) is 0 Å². The number of oxazole rings is 1. The van der Waals surface area contributed by atoms with Gasteiger partial charge in [-0.3, -0.25) is 4.79 Å². The second kappa shape index (κ2) is 7.41. The normalized spacial score (nSPS) is 10.5. The summed E-state index contributed by atoms with van der Waals surface area (Å²) in [6.45, 7) is 0.753. The summed E-state index contributed by atoms with van der Waals surface area (Å²) in [6, 6.07) is 3.19. The van der Waals surface area contributed by atoms with E-state index in [9.17, 15) is 9.59 Å². The molecule has 0 aliphatic rings. The van der Waals surface area contributed by atoms with Gasteiger partial charge < -0.3 is 23.2 Å². The monoisotopic (exact) mass is 308 g/mol. The van der Waals surface area contributed by atoms with E-state index in [-0.39, 0.29) is 29.8 Å². The summed E-state index contributed by atoms with van der Waals surface area (Å²) in [4.78, 5) is 29.1. The van der Waals surface area contributed by atoms with Gasteiger partial charge in [-0.1, -0.05) is 0 Å². The summed E-state index contributed by atoms with van der Waals surface area (Å²) in [5.74, 6) is -0.497. The number of carbonyl (C=O) groups is 2. The summed E-state index contributed by atoms with van der Waals surface area (Å²) >= 11 is 0. The van der Waals surface area contributed by atoms with Crippen LogP contribution in [0.1, 0.15) is 26.9 Å². The van der Waals surface area contributed by atoms with Crippen molar-refractivity contribution in [2.75, 3.05) is 27.4 Å². The van der Waals surface area contributed by atoms with Crippen molar-refractivity contribution >= 4 is 11.9 Å². The summed E-state index contributed by atoms with van der Waals surface area (Å²) in [5.41, 5.74) is 0.0506. The van der Waals surface area contributed by atoms with Gasteiger partial charge in [0.2, 0.25) is 5.89 Å². The zero-order valence-corrected chi connectivity index (χ0v) is 12.3. The molecule has 2 rings (SSSR count). The molecule has 0 bridgehead atoms. The first kappa shape index (κ1) is 15.8. The Bertz CT molecular complexity index is 619. The maximum absolute atomic E-state index is 12.3. The van der Waals surface area contributed by atoms with Crippen LogP contribution in [-0.4, -0.2) is 49.1 Å². The lowest BCUT2D eigenvalue weighted by molar-refractivity contribution is 0.0594. The minimum atomic E-state index is -0.601. The van der Waals surface area contributed by atoms with Gasteiger partial charge in [0.05, 0.1) is 26.5 Å². The Morgan fingerprint density at radius 2 is 2.14 bits per heavy atom. The first-order valence-corrected chi connectivity index (χ1v) is 6.50. The average molecular weight is 308 g/mol. The molecule has 2 aromatic rings. The van der Waals surface area contributed by atoms with Crippen LogP contribution in [0.2, 0.25) is 0 Å². The van der Waals surface area contributed by atoms with Crippen molar-refractivity contribution in [2.24, 2.45) is 0 Å². The van der Waals surface area contributed by atoms with Crippen LogP contribution in [0.15, 0.2) is 33.5 Å². The number of ether oxygens (including phenoxy) is 2. The third-order valence-electron chi connectivity index (χ3n) is 2.86. The molecule has 2 heterocycles. The van der Waals surface area contributed by atoms with Gasteiger partial charge in [0, 0.05) is 13.7 Å². The molecule has 0 spiro atoms. The molecule has 0 radical (unpaired) electrons. The van der Waals surface area contributed by atoms with Crippen LogP contribution < -0.4 is 0 Å². The van der Waals surface area contributed by atoms with Gasteiger partial charge in [0.25, 0.3) is 5.91 Å². The molecule has 2 aromatic heterocycles. The van der Waals surface area contributed by atoms with E-state index >= 15 is 0 Å². The number of carbonyl (C=O) groups excluding carboxylic acids is 2. The zero-order valence-electron chi connectivity index (χ0n) is 12.3. The van der Waals surface area contributed by atoms with Crippen LogP contribution in [-0.2, 0) is 16.0 Å². The number of rotatable bonds is 7. The molecule has 0 fully saturated rings. The van der Waals surface area contributed by atoms with E-state index < -0.39 is 5.97 Å². The molecular weight excluding hydrogens is 292 g/mol. The molecule has 8 nitrogen and oxygen atoms in total. The first-order chi connectivity index (χ1) is 10.7. The predicted molar refractivity (Wildman–Crippen MR) is 73.2 cm³/mol. The molecule has 0 atom stereocenters. The van der Waals surface area contributed by atoms with Crippen molar-refractivity contribution in [1.82, 2.24) is 9.88 Å². The van der Waals surface area contributed by atoms with Crippen molar-refractivity contribution < 1.29 is 27.9 Å². The van der Waals surface area contributed by atoms with Crippen molar-refractivity contribution in [1.29, 1.82) is 0 Å². The minimum absolute atomic E-state index is 0.0506. The smallest absolute Gasteiger partial charge is 0.360 e. The van der Waals surface area contributed by atoms with Crippen LogP contribution in [0.25, 0.3) is 0 Å². The number of furan rings is 1. The minimum Gasteiger partial charge on any atom is -0.464 e. The number of methoxy groups -OCH3 is 2. The molecule has 0 unspecified atom stereocenters. The lowest BCUT2D eigenvalue weighted by Crippen LogP contribution is -2.33. The van der Waals surface area contributed by atoms with Gasteiger partial charge in [0.1, 0.15) is 6.26 Å². The number of aromatic nitrogens is 1. The van der Waals surface area contributed by atoms with E-state index in [4.69, 9.17) is 13.6 Å². The lowest BCUT2D eigenvalue weighted by atomic mass is 10.3. The second-order valence-electron chi connectivity index (χ2n) is 4.31. The third-order valence-corrected chi connectivity index (χ3v) is 2.86. The molecular formula is C14H16N2O6. The number of esters is 1. The van der Waals surface area contributed by atoms with Gasteiger partial charge in [-0.15, -0.1) is 0 Å². The van der Waals surface area contributed by atoms with Gasteiger partial charge in [-0.05, 0) is 12.1 Å². The van der Waals surface area contributed by atoms with Crippen molar-refractivity contribution in [3.8, 4) is 0 Å². The molecule has 0 N–H and O–H groups in total. The Morgan fingerprint density at radius 1 is 1.32 bits per heavy atom. The Kier molecular flexibility index (Phi) is 5.31. The van der Waals surface area contributed by atoms with Crippen LogP contribution in [0, 0.1) is 0 Å². The number of hydrogen-bond acceptors (Lipinski definition) is 7. The molecule has 0 saturated heterocycles. The van der Waals surface area contributed by atoms with Crippen molar-refractivity contribution in [3.05, 3.63) is 42.0 Å². The second-order valence-corrected chi connectivity index (χ2v) is 4.31. The van der Waals surface area contributed by atoms with Crippen molar-refractivity contribution in [2.45, 2.75) is 6.54 Å². The number of amides is 1. The topological polar surface area (TPSA) is 95.0 Å². The highest BCUT2D eigenvalue weighted by Crippen LogP contribution is 2.11. The zero-order chi connectivity index (χ0) is 15.9. The van der Waals surface area contributed by atoms with Gasteiger partial charge in [-0.25, -0.2) is 9.78 Å². The molecule has 0 aliphatic carbocycles. The molecule has 22 heavy (non-hydrogen) atoms. The summed E-state index contributed by atoms with van der Waals surface area (Å²) in [7, 11) is 2.79. The maximum atomic E-state index is 12.3. The fraction of sp³-hybridized carbons (Fsp3) is 0.357. The van der Waals surface area contributed by atoms with E-state index in [1.165, 1.54) is 31.6 Å². The summed E-state index contributed by atoms with van der Waals surface area (Å²) < 4.78 is 19.8. The van der Waals surface area contributed by atoms with Crippen LogP contribution >= 0.6 is 0 Å². The summed E-state index contributed by atoms with van der Waals surface area (Å²) in [6.07, 6.45) is 2.61. The highest BCUT2D eigenvalue weighted by molar-refractivity contribution is 5.91. The Balaban J connectivity index is 2.10.